The molecule has 0 unspecified atom stereocenters. The molecular weight excluding hydrogens is 356 g/mol. The van der Waals surface area contributed by atoms with Crippen molar-refractivity contribution in [1.82, 2.24) is 19.4 Å². The van der Waals surface area contributed by atoms with Gasteiger partial charge in [0.2, 0.25) is 15.9 Å². The number of sulfonamides is 1. The number of hydrogen-bond donors (Lipinski definition) is 2. The molecule has 1 saturated carbocycles. The predicted molar refractivity (Wildman–Crippen MR) is 96.8 cm³/mol. The number of aliphatic hydroxyl groups is 1. The molecular formula is C17H28N4O4S. The first-order chi connectivity index (χ1) is 12.1. The topological polar surface area (TPSA) is 105 Å². The highest BCUT2D eigenvalue weighted by Gasteiger charge is 2.38. The molecule has 0 saturated heterocycles. The number of carbonyl (C=O) groups is 1. The van der Waals surface area contributed by atoms with Crippen LogP contribution in [0.1, 0.15) is 62.5 Å². The van der Waals surface area contributed by atoms with E-state index in [0.717, 1.165) is 29.6 Å². The van der Waals surface area contributed by atoms with Gasteiger partial charge in [-0.25, -0.2) is 13.1 Å². The minimum Gasteiger partial charge on any atom is -0.389 e. The molecule has 9 heteroatoms. The third kappa shape index (κ3) is 4.10. The Hall–Kier alpha value is -1.45. The van der Waals surface area contributed by atoms with Crippen molar-refractivity contribution in [2.45, 2.75) is 70.7 Å². The van der Waals surface area contributed by atoms with Crippen LogP contribution in [0.4, 0.5) is 0 Å². The quantitative estimate of drug-likeness (QED) is 0.751. The molecule has 0 aromatic carbocycles. The molecule has 0 spiro atoms. The largest absolute Gasteiger partial charge is 0.389 e. The van der Waals surface area contributed by atoms with Crippen molar-refractivity contribution in [2.75, 3.05) is 12.8 Å². The van der Waals surface area contributed by atoms with Crippen LogP contribution in [0.2, 0.25) is 0 Å². The van der Waals surface area contributed by atoms with Crippen molar-refractivity contribution in [3.63, 3.8) is 0 Å². The average Bonchev–Trinajstić information content (AvgIpc) is 2.89. The molecule has 1 fully saturated rings. The van der Waals surface area contributed by atoms with Crippen molar-refractivity contribution in [1.29, 1.82) is 0 Å². The Morgan fingerprint density at radius 1 is 1.38 bits per heavy atom. The van der Waals surface area contributed by atoms with Crippen molar-refractivity contribution in [2.24, 2.45) is 0 Å². The van der Waals surface area contributed by atoms with Gasteiger partial charge in [0.05, 0.1) is 42.8 Å². The fraction of sp³-hybridized carbons (Fsp3) is 0.765. The van der Waals surface area contributed by atoms with Crippen LogP contribution in [-0.2, 0) is 34.3 Å². The zero-order chi connectivity index (χ0) is 19.1. The molecule has 2 N–H and O–H groups in total. The lowest BCUT2D eigenvalue weighted by atomic mass is 9.77. The van der Waals surface area contributed by atoms with E-state index in [1.165, 1.54) is 0 Å². The summed E-state index contributed by atoms with van der Waals surface area (Å²) in [6.45, 7) is 5.21. The number of fused-ring (bicyclic) bond motifs is 1. The van der Waals surface area contributed by atoms with Crippen LogP contribution in [0.3, 0.4) is 0 Å². The van der Waals surface area contributed by atoms with E-state index >= 15 is 0 Å². The molecule has 3 rings (SSSR count). The summed E-state index contributed by atoms with van der Waals surface area (Å²) >= 11 is 0. The van der Waals surface area contributed by atoms with Gasteiger partial charge in [0, 0.05) is 18.2 Å². The standard InChI is InChI=1S/C17H28N4O4S/c1-12(2)21-15-11-20(16(22)9-17(23)6-4-7-17)8-5-13(15)14(19-21)10-18-26(3,24)25/h12,18,23H,4-11H2,1-3H3. The van der Waals surface area contributed by atoms with Gasteiger partial charge in [-0.15, -0.1) is 0 Å². The van der Waals surface area contributed by atoms with Crippen molar-refractivity contribution >= 4 is 15.9 Å². The molecule has 146 valence electrons. The second kappa shape index (κ2) is 6.94. The molecule has 1 aromatic rings. The van der Waals surface area contributed by atoms with Gasteiger partial charge in [-0.1, -0.05) is 0 Å². The zero-order valence-electron chi connectivity index (χ0n) is 15.7. The van der Waals surface area contributed by atoms with Crippen LogP contribution < -0.4 is 4.72 Å². The first-order valence-electron chi connectivity index (χ1n) is 9.12. The first-order valence-corrected chi connectivity index (χ1v) is 11.0. The monoisotopic (exact) mass is 384 g/mol. The summed E-state index contributed by atoms with van der Waals surface area (Å²) in [4.78, 5) is 14.4. The molecule has 8 nitrogen and oxygen atoms in total. The Labute approximate surface area is 154 Å². The van der Waals surface area contributed by atoms with Gasteiger partial charge in [-0.05, 0) is 39.5 Å². The minimum atomic E-state index is -3.29. The third-order valence-electron chi connectivity index (χ3n) is 5.28. The van der Waals surface area contributed by atoms with Crippen LogP contribution in [-0.4, -0.2) is 52.5 Å². The van der Waals surface area contributed by atoms with Crippen LogP contribution in [0.5, 0.6) is 0 Å². The lowest BCUT2D eigenvalue weighted by Gasteiger charge is -2.38. The van der Waals surface area contributed by atoms with E-state index in [1.807, 2.05) is 18.5 Å². The van der Waals surface area contributed by atoms with Crippen molar-refractivity contribution in [3.8, 4) is 0 Å². The van der Waals surface area contributed by atoms with Gasteiger partial charge in [0.1, 0.15) is 0 Å². The van der Waals surface area contributed by atoms with Gasteiger partial charge in [0.25, 0.3) is 0 Å². The summed E-state index contributed by atoms with van der Waals surface area (Å²) in [6, 6.07) is 0.113. The maximum Gasteiger partial charge on any atom is 0.225 e. The van der Waals surface area contributed by atoms with E-state index in [0.29, 0.717) is 32.4 Å². The smallest absolute Gasteiger partial charge is 0.225 e. The Morgan fingerprint density at radius 2 is 2.08 bits per heavy atom. The van der Waals surface area contributed by atoms with E-state index in [1.54, 1.807) is 4.90 Å². The molecule has 0 bridgehead atoms. The molecule has 0 radical (unpaired) electrons. The average molecular weight is 385 g/mol. The Bertz CT molecular complexity index is 796. The third-order valence-corrected chi connectivity index (χ3v) is 5.95. The molecule has 1 aromatic heterocycles. The highest BCUT2D eigenvalue weighted by molar-refractivity contribution is 7.88. The van der Waals surface area contributed by atoms with Gasteiger partial charge in [-0.3, -0.25) is 9.48 Å². The maximum atomic E-state index is 12.6. The number of aromatic nitrogens is 2. The lowest BCUT2D eigenvalue weighted by Crippen LogP contribution is -2.45. The number of hydrogen-bond acceptors (Lipinski definition) is 5. The van der Waals surface area contributed by atoms with Crippen LogP contribution in [0.15, 0.2) is 0 Å². The summed E-state index contributed by atoms with van der Waals surface area (Å²) < 4.78 is 27.2. The molecule has 0 atom stereocenters. The van der Waals surface area contributed by atoms with Gasteiger partial charge >= 0.3 is 0 Å². The molecule has 2 heterocycles. The molecule has 1 aliphatic carbocycles. The first kappa shape index (κ1) is 19.3. The SMILES string of the molecule is CC(C)n1nc(CNS(C)(=O)=O)c2c1CN(C(=O)CC1(O)CCC1)CC2. The Balaban J connectivity index is 1.78. The van der Waals surface area contributed by atoms with Gasteiger partial charge in [0.15, 0.2) is 0 Å². The fourth-order valence-electron chi connectivity index (χ4n) is 3.66. The Kier molecular flexibility index (Phi) is 5.15. The highest BCUT2D eigenvalue weighted by Crippen LogP contribution is 2.35. The Morgan fingerprint density at radius 3 is 2.62 bits per heavy atom. The van der Waals surface area contributed by atoms with E-state index in [-0.39, 0.29) is 24.9 Å². The van der Waals surface area contributed by atoms with Gasteiger partial charge in [-0.2, -0.15) is 5.10 Å². The van der Waals surface area contributed by atoms with Crippen LogP contribution >= 0.6 is 0 Å². The second-order valence-corrected chi connectivity index (χ2v) is 9.66. The predicted octanol–water partition coefficient (Wildman–Crippen LogP) is 0.703. The van der Waals surface area contributed by atoms with E-state index < -0.39 is 15.6 Å². The number of nitrogens with one attached hydrogen (secondary N) is 1. The number of amides is 1. The summed E-state index contributed by atoms with van der Waals surface area (Å²) in [5.41, 5.74) is 1.90. The molecule has 26 heavy (non-hydrogen) atoms. The van der Waals surface area contributed by atoms with Gasteiger partial charge < -0.3 is 10.0 Å². The summed E-state index contributed by atoms with van der Waals surface area (Å²) in [6.07, 6.45) is 4.33. The second-order valence-electron chi connectivity index (χ2n) is 7.82. The molecule has 1 aliphatic heterocycles. The number of rotatable bonds is 6. The van der Waals surface area contributed by atoms with E-state index in [9.17, 15) is 18.3 Å². The molecule has 2 aliphatic rings. The van der Waals surface area contributed by atoms with Crippen molar-refractivity contribution in [3.05, 3.63) is 17.0 Å². The lowest BCUT2D eigenvalue weighted by molar-refractivity contribution is -0.141. The fourth-order valence-corrected chi connectivity index (χ4v) is 4.05. The minimum absolute atomic E-state index is 0.0230. The highest BCUT2D eigenvalue weighted by atomic mass is 32.2. The van der Waals surface area contributed by atoms with Crippen LogP contribution in [0, 0.1) is 0 Å². The summed E-state index contributed by atoms with van der Waals surface area (Å²) in [7, 11) is -3.29. The van der Waals surface area contributed by atoms with E-state index in [2.05, 4.69) is 9.82 Å². The van der Waals surface area contributed by atoms with Crippen LogP contribution in [0.25, 0.3) is 0 Å². The number of nitrogens with zero attached hydrogens (tertiary/aromatic N) is 3. The maximum absolute atomic E-state index is 12.6. The molecule has 1 amide bonds. The van der Waals surface area contributed by atoms with E-state index in [4.69, 9.17) is 0 Å². The van der Waals surface area contributed by atoms with Crippen molar-refractivity contribution < 1.29 is 18.3 Å². The summed E-state index contributed by atoms with van der Waals surface area (Å²) in [5.74, 6) is -0.0230. The zero-order valence-corrected chi connectivity index (χ0v) is 16.5. The number of carbonyl (C=O) groups excluding carboxylic acids is 1. The summed E-state index contributed by atoms with van der Waals surface area (Å²) in [5, 5.41) is 14.9. The normalized spacial score (nSPS) is 19.3.